The van der Waals surface area contributed by atoms with E-state index in [2.05, 4.69) is 14.3 Å². The second-order valence-electron chi connectivity index (χ2n) is 7.54. The number of carbonyl (C=O) groups excluding carboxylic acids is 2. The van der Waals surface area contributed by atoms with Crippen molar-refractivity contribution >= 4 is 28.5 Å². The van der Waals surface area contributed by atoms with Crippen molar-refractivity contribution in [3.63, 3.8) is 0 Å². The van der Waals surface area contributed by atoms with Gasteiger partial charge in [-0.1, -0.05) is 37.3 Å². The lowest BCUT2D eigenvalue weighted by atomic mass is 9.91. The van der Waals surface area contributed by atoms with Crippen molar-refractivity contribution in [1.29, 1.82) is 0 Å². The first-order valence-corrected chi connectivity index (χ1v) is 10.8. The number of anilines is 1. The van der Waals surface area contributed by atoms with Crippen molar-refractivity contribution in [2.45, 2.75) is 19.8 Å². The molecule has 2 amide bonds. The van der Waals surface area contributed by atoms with E-state index in [0.29, 0.717) is 38.4 Å². The van der Waals surface area contributed by atoms with Crippen molar-refractivity contribution in [1.82, 2.24) is 19.7 Å². The standard InChI is InChI=1S/C20H27N5O4S/c1-14(13-26)11-16(12-17(27)22-29)19(28)24-7-9-25(10-8-24)20-21-18(23-30-20)15-5-3-2-4-6-15/h2-6,14,16,26,29H,7-13H2,1H3,(H,22,27). The van der Waals surface area contributed by atoms with Gasteiger partial charge in [-0.05, 0) is 12.3 Å². The van der Waals surface area contributed by atoms with Crippen LogP contribution in [0.3, 0.4) is 0 Å². The average molecular weight is 434 g/mol. The molecule has 162 valence electrons. The first-order chi connectivity index (χ1) is 14.5. The Morgan fingerprint density at radius 1 is 1.20 bits per heavy atom. The predicted molar refractivity (Wildman–Crippen MR) is 113 cm³/mol. The Hall–Kier alpha value is -2.56. The molecule has 0 aliphatic carbocycles. The molecule has 2 aromatic rings. The van der Waals surface area contributed by atoms with Crippen LogP contribution in [0.4, 0.5) is 5.13 Å². The molecule has 1 aromatic carbocycles. The van der Waals surface area contributed by atoms with Crippen LogP contribution in [-0.2, 0) is 9.59 Å². The fourth-order valence-corrected chi connectivity index (χ4v) is 4.27. The summed E-state index contributed by atoms with van der Waals surface area (Å²) in [5.41, 5.74) is 2.56. The molecule has 0 radical (unpaired) electrons. The van der Waals surface area contributed by atoms with Gasteiger partial charge in [0.05, 0.1) is 0 Å². The molecule has 0 saturated carbocycles. The van der Waals surface area contributed by atoms with E-state index in [0.717, 1.165) is 10.7 Å². The molecule has 2 heterocycles. The van der Waals surface area contributed by atoms with E-state index in [1.807, 2.05) is 37.3 Å². The fourth-order valence-electron chi connectivity index (χ4n) is 3.53. The molecular weight excluding hydrogens is 406 g/mol. The quantitative estimate of drug-likeness (QED) is 0.425. The first-order valence-electron chi connectivity index (χ1n) is 9.98. The summed E-state index contributed by atoms with van der Waals surface area (Å²) in [6.07, 6.45) is 0.288. The molecule has 3 N–H and O–H groups in total. The van der Waals surface area contributed by atoms with Gasteiger partial charge in [-0.25, -0.2) is 5.48 Å². The number of nitrogens with one attached hydrogen (secondary N) is 1. The molecule has 2 atom stereocenters. The zero-order valence-electron chi connectivity index (χ0n) is 16.9. The van der Waals surface area contributed by atoms with Gasteiger partial charge in [0.15, 0.2) is 5.82 Å². The van der Waals surface area contributed by atoms with Crippen molar-refractivity contribution in [2.75, 3.05) is 37.7 Å². The van der Waals surface area contributed by atoms with Gasteiger partial charge in [0, 0.05) is 62.2 Å². The summed E-state index contributed by atoms with van der Waals surface area (Å²) in [5, 5.41) is 19.0. The van der Waals surface area contributed by atoms with Crippen LogP contribution in [-0.4, -0.2) is 69.2 Å². The third kappa shape index (κ3) is 5.53. The Balaban J connectivity index is 1.60. The Kier molecular flexibility index (Phi) is 7.72. The van der Waals surface area contributed by atoms with Crippen LogP contribution in [0.15, 0.2) is 30.3 Å². The number of aromatic nitrogens is 2. The van der Waals surface area contributed by atoms with Gasteiger partial charge in [-0.15, -0.1) is 0 Å². The van der Waals surface area contributed by atoms with E-state index in [4.69, 9.17) is 5.21 Å². The molecule has 3 rings (SSSR count). The molecule has 1 saturated heterocycles. The molecule has 1 aromatic heterocycles. The third-order valence-corrected chi connectivity index (χ3v) is 5.99. The third-order valence-electron chi connectivity index (χ3n) is 5.21. The van der Waals surface area contributed by atoms with Gasteiger partial charge >= 0.3 is 0 Å². The zero-order chi connectivity index (χ0) is 21.5. The Bertz CT molecular complexity index is 839. The lowest BCUT2D eigenvalue weighted by Crippen LogP contribution is -2.51. The number of piperazine rings is 1. The number of hydrogen-bond acceptors (Lipinski definition) is 8. The van der Waals surface area contributed by atoms with E-state index < -0.39 is 11.8 Å². The second-order valence-corrected chi connectivity index (χ2v) is 8.27. The molecule has 2 unspecified atom stereocenters. The van der Waals surface area contributed by atoms with Crippen LogP contribution < -0.4 is 10.4 Å². The van der Waals surface area contributed by atoms with Gasteiger partial charge in [0.25, 0.3) is 0 Å². The van der Waals surface area contributed by atoms with E-state index >= 15 is 0 Å². The normalized spacial score (nSPS) is 16.2. The molecule has 1 aliphatic heterocycles. The van der Waals surface area contributed by atoms with Crippen LogP contribution in [0.2, 0.25) is 0 Å². The molecular formula is C20H27N5O4S. The summed E-state index contributed by atoms with van der Waals surface area (Å²) >= 11 is 1.34. The molecule has 0 bridgehead atoms. The monoisotopic (exact) mass is 433 g/mol. The largest absolute Gasteiger partial charge is 0.396 e. The molecule has 10 heteroatoms. The minimum Gasteiger partial charge on any atom is -0.396 e. The van der Waals surface area contributed by atoms with E-state index in [9.17, 15) is 14.7 Å². The molecule has 1 aliphatic rings. The maximum atomic E-state index is 13.0. The Morgan fingerprint density at radius 3 is 2.53 bits per heavy atom. The number of amides is 2. The predicted octanol–water partition coefficient (Wildman–Crippen LogP) is 1.38. The number of hydrogen-bond donors (Lipinski definition) is 3. The highest BCUT2D eigenvalue weighted by molar-refractivity contribution is 7.09. The SMILES string of the molecule is CC(CO)CC(CC(=O)NO)C(=O)N1CCN(c2nc(-c3ccccc3)ns2)CC1. The van der Waals surface area contributed by atoms with Gasteiger partial charge in [-0.2, -0.15) is 9.36 Å². The first kappa shape index (κ1) is 22.1. The number of aliphatic hydroxyl groups excluding tert-OH is 1. The van der Waals surface area contributed by atoms with Crippen molar-refractivity contribution in [3.8, 4) is 11.4 Å². The Labute approximate surface area is 179 Å². The number of nitrogens with zero attached hydrogens (tertiary/aromatic N) is 4. The van der Waals surface area contributed by atoms with E-state index in [1.54, 1.807) is 10.4 Å². The highest BCUT2D eigenvalue weighted by atomic mass is 32.1. The zero-order valence-corrected chi connectivity index (χ0v) is 17.7. The lowest BCUT2D eigenvalue weighted by Gasteiger charge is -2.36. The summed E-state index contributed by atoms with van der Waals surface area (Å²) < 4.78 is 4.44. The van der Waals surface area contributed by atoms with Gasteiger partial charge in [-0.3, -0.25) is 14.8 Å². The average Bonchev–Trinajstić information content (AvgIpc) is 3.29. The number of rotatable bonds is 8. The minimum absolute atomic E-state index is 0.0565. The van der Waals surface area contributed by atoms with Gasteiger partial charge in [0.1, 0.15) is 0 Å². The summed E-state index contributed by atoms with van der Waals surface area (Å²) in [4.78, 5) is 33.1. The van der Waals surface area contributed by atoms with Crippen LogP contribution >= 0.6 is 11.5 Å². The number of aliphatic hydroxyl groups is 1. The fraction of sp³-hybridized carbons (Fsp3) is 0.500. The van der Waals surface area contributed by atoms with Crippen LogP contribution in [0.5, 0.6) is 0 Å². The van der Waals surface area contributed by atoms with Crippen LogP contribution in [0.1, 0.15) is 19.8 Å². The number of carbonyl (C=O) groups is 2. The Morgan fingerprint density at radius 2 is 1.90 bits per heavy atom. The van der Waals surface area contributed by atoms with Crippen molar-refractivity contribution in [2.24, 2.45) is 11.8 Å². The molecule has 30 heavy (non-hydrogen) atoms. The lowest BCUT2D eigenvalue weighted by molar-refractivity contribution is -0.141. The maximum absolute atomic E-state index is 13.0. The minimum atomic E-state index is -0.598. The van der Waals surface area contributed by atoms with Crippen LogP contribution in [0, 0.1) is 11.8 Å². The van der Waals surface area contributed by atoms with Gasteiger partial charge < -0.3 is 14.9 Å². The summed E-state index contributed by atoms with van der Waals surface area (Å²) in [6.45, 7) is 4.06. The van der Waals surface area contributed by atoms with Crippen molar-refractivity contribution < 1.29 is 19.9 Å². The number of benzene rings is 1. The van der Waals surface area contributed by atoms with Gasteiger partial charge in [0.2, 0.25) is 16.9 Å². The maximum Gasteiger partial charge on any atom is 0.244 e. The number of hydroxylamine groups is 1. The highest BCUT2D eigenvalue weighted by Gasteiger charge is 2.31. The van der Waals surface area contributed by atoms with Crippen LogP contribution in [0.25, 0.3) is 11.4 Å². The second kappa shape index (κ2) is 10.5. The smallest absolute Gasteiger partial charge is 0.244 e. The molecule has 0 spiro atoms. The topological polar surface area (TPSA) is 119 Å². The highest BCUT2D eigenvalue weighted by Crippen LogP contribution is 2.26. The molecule has 1 fully saturated rings. The van der Waals surface area contributed by atoms with Crippen molar-refractivity contribution in [3.05, 3.63) is 30.3 Å². The summed E-state index contributed by atoms with van der Waals surface area (Å²) in [6, 6.07) is 9.79. The van der Waals surface area contributed by atoms with E-state index in [1.165, 1.54) is 11.5 Å². The van der Waals surface area contributed by atoms with E-state index in [-0.39, 0.29) is 24.9 Å². The summed E-state index contributed by atoms with van der Waals surface area (Å²) in [7, 11) is 0. The summed E-state index contributed by atoms with van der Waals surface area (Å²) in [5.74, 6) is -0.705. The molecule has 9 nitrogen and oxygen atoms in total.